The lowest BCUT2D eigenvalue weighted by molar-refractivity contribution is 0.445. The van der Waals surface area contributed by atoms with Crippen molar-refractivity contribution < 1.29 is 28.6 Å². The molecule has 1 N–H and O–H groups in total. The lowest BCUT2D eigenvalue weighted by Crippen LogP contribution is -2.20. The summed E-state index contributed by atoms with van der Waals surface area (Å²) in [7, 11) is 0.656. The van der Waals surface area contributed by atoms with E-state index in [0.29, 0.717) is 13.4 Å². The maximum absolute atomic E-state index is 8.28. The number of para-hydroxylation sites is 8. The summed E-state index contributed by atoms with van der Waals surface area (Å²) in [5.41, 5.74) is 10.2. The summed E-state index contributed by atoms with van der Waals surface area (Å²) >= 11 is 3.53. The van der Waals surface area contributed by atoms with E-state index in [1.807, 2.05) is 103 Å². The van der Waals surface area contributed by atoms with E-state index in [4.69, 9.17) is 28.6 Å². The molecule has 12 rings (SSSR count). The molecule has 299 valence electrons. The molecule has 0 saturated carbocycles. The molecule has 4 heterocycles. The normalized spacial score (nSPS) is 12.3. The fourth-order valence-corrected chi connectivity index (χ4v) is 8.15. The minimum absolute atomic E-state index is 0.609. The van der Waals surface area contributed by atoms with Gasteiger partial charge in [-0.25, -0.2) is 0 Å². The molecule has 0 aromatic heterocycles. The number of benzene rings is 8. The second-order valence-corrected chi connectivity index (χ2v) is 15.3. The maximum atomic E-state index is 8.28. The Kier molecular flexibility index (Phi) is 10.2. The molecule has 0 unspecified atom stereocenters. The third kappa shape index (κ3) is 7.11. The van der Waals surface area contributed by atoms with Crippen LogP contribution in [0.5, 0.6) is 51.7 Å². The Morgan fingerprint density at radius 3 is 1.18 bits per heavy atom. The quantitative estimate of drug-likeness (QED) is 0.171. The largest absolute Gasteiger partial charge is 0.569 e. The fraction of sp³-hybridized carbons (Fsp3) is 0. The van der Waals surface area contributed by atoms with E-state index in [0.717, 1.165) is 107 Å². The monoisotopic (exact) mass is 873 g/mol. The maximum Gasteiger partial charge on any atom is 0.569 e. The summed E-state index contributed by atoms with van der Waals surface area (Å²) in [5.74, 6) is 7.13. The minimum atomic E-state index is 0.609. The van der Waals surface area contributed by atoms with Crippen LogP contribution in [-0.4, -0.2) is 12.7 Å². The molecular formula is C52H35BBrN2O6. The summed E-state index contributed by atoms with van der Waals surface area (Å²) in [6, 6.07) is 55.9. The van der Waals surface area contributed by atoms with Crippen molar-refractivity contribution in [2.45, 2.75) is 0 Å². The summed E-state index contributed by atoms with van der Waals surface area (Å²) in [5, 5.41) is 8.28. The number of anilines is 6. The lowest BCUT2D eigenvalue weighted by Gasteiger charge is -2.38. The van der Waals surface area contributed by atoms with Crippen LogP contribution in [0.25, 0.3) is 23.3 Å². The van der Waals surface area contributed by atoms with E-state index in [-0.39, 0.29) is 0 Å². The van der Waals surface area contributed by atoms with Gasteiger partial charge in [0.15, 0.2) is 46.0 Å². The van der Waals surface area contributed by atoms with Crippen LogP contribution >= 0.6 is 15.9 Å². The van der Waals surface area contributed by atoms with Crippen LogP contribution < -0.4 is 33.4 Å². The Balaban J connectivity index is 0.000000122. The van der Waals surface area contributed by atoms with Crippen molar-refractivity contribution in [2.75, 3.05) is 9.80 Å². The minimum Gasteiger partial charge on any atom is -0.537 e. The van der Waals surface area contributed by atoms with Crippen molar-refractivity contribution in [3.8, 4) is 62.9 Å². The van der Waals surface area contributed by atoms with Crippen LogP contribution in [0.2, 0.25) is 0 Å². The third-order valence-electron chi connectivity index (χ3n) is 10.6. The molecule has 0 spiro atoms. The van der Waals surface area contributed by atoms with E-state index in [1.54, 1.807) is 18.2 Å². The Hall–Kier alpha value is -7.66. The first kappa shape index (κ1) is 38.5. The van der Waals surface area contributed by atoms with Crippen LogP contribution in [0, 0.1) is 0 Å². The second kappa shape index (κ2) is 16.4. The number of rotatable bonds is 5. The summed E-state index contributed by atoms with van der Waals surface area (Å²) < 4.78 is 30.4. The van der Waals surface area contributed by atoms with Crippen molar-refractivity contribution in [3.63, 3.8) is 0 Å². The Morgan fingerprint density at radius 1 is 0.452 bits per heavy atom. The second-order valence-electron chi connectivity index (χ2n) is 14.3. The number of halogens is 1. The van der Waals surface area contributed by atoms with Gasteiger partial charge < -0.3 is 28.6 Å². The van der Waals surface area contributed by atoms with Crippen LogP contribution in [0.15, 0.2) is 187 Å². The van der Waals surface area contributed by atoms with Crippen molar-refractivity contribution in [3.05, 3.63) is 199 Å². The number of ether oxygens (including phenoxy) is 4. The van der Waals surface area contributed by atoms with Gasteiger partial charge in [0, 0.05) is 4.47 Å². The Morgan fingerprint density at radius 2 is 0.806 bits per heavy atom. The van der Waals surface area contributed by atoms with E-state index in [9.17, 15) is 0 Å². The molecule has 0 fully saturated rings. The van der Waals surface area contributed by atoms with Crippen molar-refractivity contribution in [2.24, 2.45) is 0 Å². The zero-order chi connectivity index (χ0) is 42.2. The average molecular weight is 875 g/mol. The van der Waals surface area contributed by atoms with Crippen LogP contribution in [0.1, 0.15) is 11.1 Å². The molecule has 0 atom stereocenters. The highest BCUT2D eigenvalue weighted by Crippen LogP contribution is 2.61. The smallest absolute Gasteiger partial charge is 0.537 e. The summed E-state index contributed by atoms with van der Waals surface area (Å²) in [6.45, 7) is 7.44. The first-order chi connectivity index (χ1) is 30.5. The zero-order valence-corrected chi connectivity index (χ0v) is 34.7. The molecule has 4 aliphatic heterocycles. The van der Waals surface area contributed by atoms with Gasteiger partial charge in [-0.15, -0.1) is 0 Å². The first-order valence-electron chi connectivity index (χ1n) is 19.8. The van der Waals surface area contributed by atoms with Crippen LogP contribution in [0.3, 0.4) is 0 Å². The van der Waals surface area contributed by atoms with Gasteiger partial charge >= 0.3 is 7.69 Å². The molecule has 62 heavy (non-hydrogen) atoms. The van der Waals surface area contributed by atoms with Gasteiger partial charge in [0.2, 0.25) is 0 Å². The number of fused-ring (bicyclic) bond motifs is 8. The van der Waals surface area contributed by atoms with Gasteiger partial charge in [0.1, 0.15) is 17.1 Å². The zero-order valence-electron chi connectivity index (χ0n) is 33.1. The molecule has 0 aliphatic carbocycles. The molecule has 10 heteroatoms. The van der Waals surface area contributed by atoms with Crippen LogP contribution in [0.4, 0.5) is 34.1 Å². The number of hydrogen-bond acceptors (Lipinski definition) is 8. The number of nitrogens with zero attached hydrogens (tertiary/aromatic N) is 2. The molecule has 0 saturated heterocycles. The van der Waals surface area contributed by atoms with Gasteiger partial charge in [-0.3, -0.25) is 9.80 Å². The van der Waals surface area contributed by atoms with E-state index < -0.39 is 0 Å². The van der Waals surface area contributed by atoms with E-state index in [1.165, 1.54) is 0 Å². The predicted molar refractivity (Wildman–Crippen MR) is 251 cm³/mol. The van der Waals surface area contributed by atoms with Gasteiger partial charge in [-0.2, -0.15) is 0 Å². The van der Waals surface area contributed by atoms with Crippen molar-refractivity contribution in [1.29, 1.82) is 0 Å². The van der Waals surface area contributed by atoms with E-state index >= 15 is 0 Å². The molecule has 8 nitrogen and oxygen atoms in total. The molecule has 0 bridgehead atoms. The lowest BCUT2D eigenvalue weighted by atomic mass is 10.00. The topological polar surface area (TPSA) is 72.9 Å². The van der Waals surface area contributed by atoms with Gasteiger partial charge in [-0.05, 0) is 107 Å². The molecule has 1 radical (unpaired) electrons. The SMILES string of the molecule is Brc1cc2c3c(c1)Oc1ccccc1N3c1ccccc1O2.C=Cc1ccc(-c2cc3c4c(c2)Oc2ccccc2N4c2ccccc2O3)cc1.C=Cc1ccc(O[B]O)cc1. The third-order valence-corrected chi connectivity index (χ3v) is 11.0. The highest BCUT2D eigenvalue weighted by molar-refractivity contribution is 9.10. The highest BCUT2D eigenvalue weighted by atomic mass is 79.9. The summed E-state index contributed by atoms with van der Waals surface area (Å²) in [4.78, 5) is 4.43. The first-order valence-corrected chi connectivity index (χ1v) is 20.6. The van der Waals surface area contributed by atoms with Gasteiger partial charge in [0.25, 0.3) is 0 Å². The van der Waals surface area contributed by atoms with Crippen molar-refractivity contribution in [1.82, 2.24) is 0 Å². The molecular weight excluding hydrogens is 839 g/mol. The molecule has 8 aromatic carbocycles. The standard InChI is InChI=1S/C26H17NO2.C18H10BrNO2.C8H8BO2/c1-2-17-11-13-18(14-12-17)19-15-24-26-25(16-19)29-23-10-6-4-8-21(23)27(26)20-7-3-5-9-22(20)28-24;19-11-9-16-18-17(10-11)22-15-8-4-2-6-13(15)20(18)12-5-1-3-7-14(12)21-16;1-2-7-3-5-8(6-4-7)11-9-10/h2-16H,1H2;1-10H;2-6,10H,1H2. The Labute approximate surface area is 368 Å². The van der Waals surface area contributed by atoms with Gasteiger partial charge in [0.05, 0.1) is 22.7 Å². The number of hydrogen-bond donors (Lipinski definition) is 1. The van der Waals surface area contributed by atoms with Gasteiger partial charge in [-0.1, -0.05) is 126 Å². The predicted octanol–water partition coefficient (Wildman–Crippen LogP) is 15.0. The molecule has 4 aliphatic rings. The molecule has 0 amide bonds. The fourth-order valence-electron chi connectivity index (χ4n) is 7.73. The van der Waals surface area contributed by atoms with E-state index in [2.05, 4.69) is 99.6 Å². The Bertz CT molecular complexity index is 2870. The average Bonchev–Trinajstić information content (AvgIpc) is 3.32. The van der Waals surface area contributed by atoms with Crippen LogP contribution in [-0.2, 0) is 0 Å². The highest BCUT2D eigenvalue weighted by Gasteiger charge is 2.36. The molecule has 8 aromatic rings. The summed E-state index contributed by atoms with van der Waals surface area (Å²) in [6.07, 6.45) is 3.59. The van der Waals surface area contributed by atoms with Crippen molar-refractivity contribution >= 4 is 69.9 Å².